The third-order valence-corrected chi connectivity index (χ3v) is 10.5. The lowest BCUT2D eigenvalue weighted by Gasteiger charge is -2.31. The lowest BCUT2D eigenvalue weighted by molar-refractivity contribution is -0.142. The van der Waals surface area contributed by atoms with Crippen molar-refractivity contribution in [2.45, 2.75) is 115 Å². The van der Waals surface area contributed by atoms with Crippen molar-refractivity contribution in [1.29, 1.82) is 0 Å². The third-order valence-electron chi connectivity index (χ3n) is 10.5. The largest absolute Gasteiger partial charge is 0.508 e. The van der Waals surface area contributed by atoms with E-state index in [-0.39, 0.29) is 63.3 Å². The number of hydrogen-bond donors (Lipinski definition) is 10. The van der Waals surface area contributed by atoms with Gasteiger partial charge in [-0.3, -0.25) is 29.0 Å². The fraction of sp³-hybridized carbons (Fsp3) is 0.524. The summed E-state index contributed by atoms with van der Waals surface area (Å²) < 4.78 is 0. The molecule has 6 atom stereocenters. The number of guanidine groups is 1. The number of nitrogens with one attached hydrogen (secondary N) is 6. The number of carboxylic acids is 1. The first kappa shape index (κ1) is 49.0. The summed E-state index contributed by atoms with van der Waals surface area (Å²) >= 11 is 0. The molecule has 0 spiro atoms. The molecule has 0 radical (unpaired) electrons. The van der Waals surface area contributed by atoms with Gasteiger partial charge < -0.3 is 58.5 Å². The molecule has 0 bridgehead atoms. The number of aliphatic carboxylic acids is 1. The fourth-order valence-electron chi connectivity index (χ4n) is 6.65. The minimum atomic E-state index is -1.34. The molecule has 1 aliphatic rings. The normalized spacial score (nSPS) is 21.6. The van der Waals surface area contributed by atoms with Crippen LogP contribution in [-0.2, 0) is 41.6 Å². The third kappa shape index (κ3) is 15.9. The predicted molar refractivity (Wildman–Crippen MR) is 228 cm³/mol. The van der Waals surface area contributed by atoms with Gasteiger partial charge in [-0.2, -0.15) is 0 Å². The zero-order chi connectivity index (χ0) is 45.2. The fourth-order valence-corrected chi connectivity index (χ4v) is 6.65. The smallest absolute Gasteiger partial charge is 0.326 e. The van der Waals surface area contributed by atoms with Crippen molar-refractivity contribution in [1.82, 2.24) is 36.8 Å². The maximum atomic E-state index is 14.2. The summed E-state index contributed by atoms with van der Waals surface area (Å²) in [6, 6.07) is 6.05. The number of hydrogen-bond acceptors (Lipinski definition) is 9. The van der Waals surface area contributed by atoms with Crippen LogP contribution in [0.3, 0.4) is 0 Å². The van der Waals surface area contributed by atoms with Gasteiger partial charge in [-0.25, -0.2) is 9.59 Å². The summed E-state index contributed by atoms with van der Waals surface area (Å²) in [7, 11) is 1.42. The minimum absolute atomic E-state index is 0.0163. The highest BCUT2D eigenvalue weighted by atomic mass is 16.4. The molecule has 12 N–H and O–H groups in total. The Kier molecular flexibility index (Phi) is 19.3. The summed E-state index contributed by atoms with van der Waals surface area (Å²) in [5, 5.41) is 35.9. The quantitative estimate of drug-likeness (QED) is 0.0743. The number of aryl methyl sites for hydroxylation is 2. The topological polar surface area (TPSA) is 300 Å². The number of likely N-dealkylation sites (N-methyl/N-ethyl adjacent to an activating group) is 1. The molecule has 3 rings (SSSR count). The molecule has 0 saturated carbocycles. The first-order valence-electron chi connectivity index (χ1n) is 20.5. The highest BCUT2D eigenvalue weighted by Gasteiger charge is 2.35. The van der Waals surface area contributed by atoms with E-state index in [9.17, 15) is 43.8 Å². The van der Waals surface area contributed by atoms with E-state index < -0.39 is 83.7 Å². The maximum absolute atomic E-state index is 14.2. The van der Waals surface area contributed by atoms with Gasteiger partial charge in [-0.15, -0.1) is 0 Å². The Labute approximate surface area is 356 Å². The van der Waals surface area contributed by atoms with Crippen molar-refractivity contribution in [3.05, 3.63) is 65.2 Å². The van der Waals surface area contributed by atoms with Crippen LogP contribution in [0.25, 0.3) is 0 Å². The molecule has 0 aromatic heterocycles. The Hall–Kier alpha value is -6.40. The monoisotopic (exact) mass is 850 g/mol. The van der Waals surface area contributed by atoms with Gasteiger partial charge in [-0.1, -0.05) is 56.3 Å². The first-order chi connectivity index (χ1) is 28.9. The lowest BCUT2D eigenvalue weighted by atomic mass is 9.99. The Balaban J connectivity index is 1.96. The summed E-state index contributed by atoms with van der Waals surface area (Å²) in [5.74, 6) is -5.00. The van der Waals surface area contributed by atoms with E-state index in [1.165, 1.54) is 24.9 Å². The van der Waals surface area contributed by atoms with E-state index in [2.05, 4.69) is 36.9 Å². The second kappa shape index (κ2) is 24.0. The molecule has 334 valence electrons. The van der Waals surface area contributed by atoms with Crippen LogP contribution < -0.4 is 43.4 Å². The van der Waals surface area contributed by atoms with Gasteiger partial charge in [0.1, 0.15) is 42.0 Å². The van der Waals surface area contributed by atoms with Gasteiger partial charge in [0.2, 0.25) is 29.5 Å². The number of carbonyl (C=O) groups excluding carboxylic acids is 6. The van der Waals surface area contributed by atoms with Gasteiger partial charge in [0.15, 0.2) is 5.96 Å². The number of nitrogens with zero attached hydrogens (tertiary/aromatic N) is 2. The second-order valence-corrected chi connectivity index (χ2v) is 15.6. The van der Waals surface area contributed by atoms with Crippen molar-refractivity contribution >= 4 is 47.5 Å². The van der Waals surface area contributed by atoms with Crippen molar-refractivity contribution < 1.29 is 43.8 Å². The van der Waals surface area contributed by atoms with Crippen molar-refractivity contribution in [3.63, 3.8) is 0 Å². The van der Waals surface area contributed by atoms with Crippen molar-refractivity contribution in [2.75, 3.05) is 20.1 Å². The first-order valence-corrected chi connectivity index (χ1v) is 20.5. The Morgan fingerprint density at radius 2 is 1.61 bits per heavy atom. The number of aliphatic imine (C=N–C) groups is 1. The van der Waals surface area contributed by atoms with Crippen molar-refractivity contribution in [2.24, 2.45) is 22.4 Å². The molecule has 7 amide bonds. The van der Waals surface area contributed by atoms with Crippen LogP contribution in [0.15, 0.2) is 53.5 Å². The molecule has 19 heteroatoms. The molecule has 61 heavy (non-hydrogen) atoms. The highest BCUT2D eigenvalue weighted by Crippen LogP contribution is 2.19. The number of benzene rings is 2. The average molecular weight is 851 g/mol. The number of phenolic OH excluding ortho intramolecular Hbond substituents is 1. The van der Waals surface area contributed by atoms with Gasteiger partial charge >= 0.3 is 12.0 Å². The molecule has 6 unspecified atom stereocenters. The van der Waals surface area contributed by atoms with E-state index in [0.717, 1.165) is 11.1 Å². The number of phenols is 1. The summed E-state index contributed by atoms with van der Waals surface area (Å²) in [6.07, 6.45) is 1.40. The van der Waals surface area contributed by atoms with Crippen LogP contribution in [0.2, 0.25) is 0 Å². The van der Waals surface area contributed by atoms with Crippen LogP contribution in [0.1, 0.15) is 76.0 Å². The predicted octanol–water partition coefficient (Wildman–Crippen LogP) is 0.308. The number of rotatable bonds is 13. The summed E-state index contributed by atoms with van der Waals surface area (Å²) in [6.45, 7) is 6.91. The van der Waals surface area contributed by atoms with Gasteiger partial charge in [0.05, 0.1) is 0 Å². The second-order valence-electron chi connectivity index (χ2n) is 15.6. The molecule has 1 aliphatic heterocycles. The minimum Gasteiger partial charge on any atom is -0.508 e. The van der Waals surface area contributed by atoms with E-state index in [1.807, 2.05) is 30.3 Å². The van der Waals surface area contributed by atoms with Crippen LogP contribution in [0.5, 0.6) is 5.75 Å². The van der Waals surface area contributed by atoms with E-state index in [1.54, 1.807) is 32.9 Å². The Bertz CT molecular complexity index is 1870. The Morgan fingerprint density at radius 3 is 2.25 bits per heavy atom. The molecule has 1 fully saturated rings. The average Bonchev–Trinajstić information content (AvgIpc) is 3.21. The van der Waals surface area contributed by atoms with Crippen LogP contribution in [0.4, 0.5) is 4.79 Å². The van der Waals surface area contributed by atoms with Crippen LogP contribution in [-0.4, -0.2) is 119 Å². The van der Waals surface area contributed by atoms with E-state index >= 15 is 0 Å². The number of carboxylic acid groups (broad SMARTS) is 1. The summed E-state index contributed by atoms with van der Waals surface area (Å²) in [5.41, 5.74) is 12.9. The number of aromatic hydroxyl groups is 1. The molecule has 19 nitrogen and oxygen atoms in total. The zero-order valence-corrected chi connectivity index (χ0v) is 35.5. The molecule has 2 aromatic carbocycles. The number of nitrogens with two attached hydrogens (primary N) is 2. The molecule has 0 aliphatic carbocycles. The maximum Gasteiger partial charge on any atom is 0.326 e. The number of urea groups is 1. The Morgan fingerprint density at radius 1 is 0.918 bits per heavy atom. The van der Waals surface area contributed by atoms with E-state index in [0.29, 0.717) is 18.4 Å². The van der Waals surface area contributed by atoms with Gasteiger partial charge in [0, 0.05) is 26.6 Å². The summed E-state index contributed by atoms with van der Waals surface area (Å²) in [4.78, 5) is 99.8. The molecule has 1 heterocycles. The van der Waals surface area contributed by atoms with Gasteiger partial charge in [0.25, 0.3) is 0 Å². The van der Waals surface area contributed by atoms with Crippen LogP contribution >= 0.6 is 0 Å². The number of carbonyl (C=O) groups is 7. The lowest BCUT2D eigenvalue weighted by Crippen LogP contribution is -2.60. The van der Waals surface area contributed by atoms with Gasteiger partial charge in [-0.05, 0) is 87.5 Å². The number of amides is 7. The zero-order valence-electron chi connectivity index (χ0n) is 35.5. The molecule has 2 aromatic rings. The van der Waals surface area contributed by atoms with E-state index in [4.69, 9.17) is 11.5 Å². The SMILES string of the molecule is Cc1cc(CCC2NC(=O)C(C(C)C)NC(=O)C(NC(=O)NC(CCCN=C(N)N)C(=O)O)CCCCNC(=O)C(Cc3ccccc3)NC(=O)C(C)N(C)C2=O)ccc1O. The molecular weight excluding hydrogens is 789 g/mol. The highest BCUT2D eigenvalue weighted by molar-refractivity contribution is 5.96. The van der Waals surface area contributed by atoms with Crippen molar-refractivity contribution in [3.8, 4) is 5.75 Å². The molecular formula is C42H62N10O9. The van der Waals surface area contributed by atoms with Crippen LogP contribution in [0, 0.1) is 12.8 Å². The standard InChI is InChI=1S/C42H62N10O9/c1-24(2)34-38(57)47-30(18-16-28-17-19-33(53)25(3)22-28)39(58)52(5)26(4)35(54)48-32(23-27-12-7-6-8-13-27)36(55)45-20-10-9-14-29(37(56)51-34)49-42(61)50-31(40(59)60)15-11-21-46-41(43)44/h6-8,12-13,17,19,22,24,26,29-32,34,53H,9-11,14-16,18,20-21,23H2,1-5H3,(H,45,55)(H,47,57)(H,48,54)(H,51,56)(H,59,60)(H4,43,44,46)(H2,49,50,61). The molecule has 1 saturated heterocycles.